The largest absolute Gasteiger partial charge is 0.353 e. The van der Waals surface area contributed by atoms with Crippen LogP contribution in [0.5, 0.6) is 0 Å². The van der Waals surface area contributed by atoms with E-state index in [2.05, 4.69) is 10.6 Å². The van der Waals surface area contributed by atoms with E-state index in [4.69, 9.17) is 5.73 Å². The third-order valence-electron chi connectivity index (χ3n) is 4.27. The molecule has 10 heteroatoms. The molecule has 0 aromatic heterocycles. The molecule has 1 atom stereocenters. The maximum absolute atomic E-state index is 14.0. The van der Waals surface area contributed by atoms with E-state index in [1.165, 1.54) is 22.5 Å². The summed E-state index contributed by atoms with van der Waals surface area (Å²) in [4.78, 5) is 23.5. The van der Waals surface area contributed by atoms with Crippen molar-refractivity contribution in [3.8, 4) is 0 Å². The smallest absolute Gasteiger partial charge is 0.312 e. The van der Waals surface area contributed by atoms with Gasteiger partial charge in [-0.05, 0) is 18.9 Å². The van der Waals surface area contributed by atoms with Crippen molar-refractivity contribution >= 4 is 22.0 Å². The zero-order valence-electron chi connectivity index (χ0n) is 14.4. The Morgan fingerprint density at radius 3 is 2.46 bits per heavy atom. The molecule has 1 aromatic rings. The summed E-state index contributed by atoms with van der Waals surface area (Å²) in [6, 6.07) is 3.92. The average molecular weight is 386 g/mol. The predicted molar refractivity (Wildman–Crippen MR) is 94.1 cm³/mol. The summed E-state index contributed by atoms with van der Waals surface area (Å²) in [6.07, 6.45) is 1.97. The number of carbonyl (C=O) groups excluding carboxylic acids is 2. The number of carbonyl (C=O) groups is 2. The van der Waals surface area contributed by atoms with E-state index in [0.717, 1.165) is 6.26 Å². The van der Waals surface area contributed by atoms with Crippen LogP contribution in [0.2, 0.25) is 0 Å². The number of nitrogens with one attached hydrogen (secondary N) is 2. The van der Waals surface area contributed by atoms with E-state index in [1.807, 2.05) is 0 Å². The molecule has 4 N–H and O–H groups in total. The molecule has 0 bridgehead atoms. The lowest BCUT2D eigenvalue weighted by molar-refractivity contribution is -0.122. The van der Waals surface area contributed by atoms with Crippen LogP contribution in [0.3, 0.4) is 0 Å². The van der Waals surface area contributed by atoms with Gasteiger partial charge in [0.15, 0.2) is 0 Å². The van der Waals surface area contributed by atoms with Crippen molar-refractivity contribution in [2.24, 2.45) is 5.73 Å². The van der Waals surface area contributed by atoms with Crippen molar-refractivity contribution in [2.45, 2.75) is 31.3 Å². The Balaban J connectivity index is 1.96. The highest BCUT2D eigenvalue weighted by Gasteiger charge is 2.27. The van der Waals surface area contributed by atoms with Crippen LogP contribution in [0.1, 0.15) is 30.9 Å². The van der Waals surface area contributed by atoms with Gasteiger partial charge in [-0.3, -0.25) is 4.79 Å². The molecule has 0 spiro atoms. The van der Waals surface area contributed by atoms with Gasteiger partial charge in [0, 0.05) is 24.7 Å². The highest BCUT2D eigenvalue weighted by atomic mass is 32.2. The van der Waals surface area contributed by atoms with Crippen molar-refractivity contribution in [1.29, 1.82) is 0 Å². The van der Waals surface area contributed by atoms with Crippen molar-refractivity contribution in [3.05, 3.63) is 35.6 Å². The first-order valence-corrected chi connectivity index (χ1v) is 10.1. The van der Waals surface area contributed by atoms with Crippen molar-refractivity contribution in [3.63, 3.8) is 0 Å². The number of nitrogens with two attached hydrogens (primary N) is 1. The molecule has 1 aromatic carbocycles. The first kappa shape index (κ1) is 20.1. The number of piperidine rings is 1. The standard InChI is InChI=1S/C16H23FN4O4S/c1-26(24,25)21-8-6-11(7-9-21)19-15(22)10-14(20-16(18)23)12-4-2-3-5-13(12)17/h2-5,11,14H,6-10H2,1H3,(H,19,22)(H3,18,20,23)/t14-/m1/s1. The number of amides is 3. The second-order valence-corrected chi connectivity index (χ2v) is 8.27. The Morgan fingerprint density at radius 2 is 1.92 bits per heavy atom. The molecule has 1 aliphatic heterocycles. The summed E-state index contributed by atoms with van der Waals surface area (Å²) in [7, 11) is -3.23. The van der Waals surface area contributed by atoms with Gasteiger partial charge in [0.25, 0.3) is 0 Å². The molecular weight excluding hydrogens is 363 g/mol. The Hall–Kier alpha value is -2.20. The van der Waals surface area contributed by atoms with Gasteiger partial charge in [-0.2, -0.15) is 0 Å². The molecule has 0 radical (unpaired) electrons. The van der Waals surface area contributed by atoms with Gasteiger partial charge in [-0.1, -0.05) is 18.2 Å². The van der Waals surface area contributed by atoms with E-state index in [9.17, 15) is 22.4 Å². The van der Waals surface area contributed by atoms with Gasteiger partial charge < -0.3 is 16.4 Å². The number of benzene rings is 1. The molecule has 2 rings (SSSR count). The fraction of sp³-hybridized carbons (Fsp3) is 0.500. The number of primary amides is 1. The highest BCUT2D eigenvalue weighted by Crippen LogP contribution is 2.21. The molecule has 1 fully saturated rings. The summed E-state index contributed by atoms with van der Waals surface area (Å²) in [5.41, 5.74) is 5.30. The van der Waals surface area contributed by atoms with E-state index >= 15 is 0 Å². The van der Waals surface area contributed by atoms with Crippen LogP contribution >= 0.6 is 0 Å². The fourth-order valence-electron chi connectivity index (χ4n) is 2.97. The van der Waals surface area contributed by atoms with Crippen LogP contribution in [0.25, 0.3) is 0 Å². The van der Waals surface area contributed by atoms with Crippen molar-refractivity contribution in [2.75, 3.05) is 19.3 Å². The maximum Gasteiger partial charge on any atom is 0.312 e. The van der Waals surface area contributed by atoms with E-state index in [-0.39, 0.29) is 23.9 Å². The normalized spacial score (nSPS) is 17.5. The molecule has 1 aliphatic rings. The third kappa shape index (κ3) is 5.67. The first-order chi connectivity index (χ1) is 12.2. The molecule has 3 amide bonds. The van der Waals surface area contributed by atoms with E-state index in [0.29, 0.717) is 25.9 Å². The highest BCUT2D eigenvalue weighted by molar-refractivity contribution is 7.88. The van der Waals surface area contributed by atoms with Crippen molar-refractivity contribution < 1.29 is 22.4 Å². The van der Waals surface area contributed by atoms with Crippen LogP contribution < -0.4 is 16.4 Å². The predicted octanol–water partition coefficient (Wildman–Crippen LogP) is 0.465. The number of nitrogens with zero attached hydrogens (tertiary/aromatic N) is 1. The lowest BCUT2D eigenvalue weighted by atomic mass is 10.0. The number of rotatable bonds is 6. The molecule has 0 saturated carbocycles. The number of hydrogen-bond acceptors (Lipinski definition) is 4. The molecular formula is C16H23FN4O4S. The molecule has 26 heavy (non-hydrogen) atoms. The quantitative estimate of drug-likeness (QED) is 0.658. The maximum atomic E-state index is 14.0. The SMILES string of the molecule is CS(=O)(=O)N1CCC(NC(=O)C[C@@H](NC(N)=O)c2ccccc2F)CC1. The molecule has 144 valence electrons. The molecule has 1 saturated heterocycles. The van der Waals surface area contributed by atoms with Crippen molar-refractivity contribution in [1.82, 2.24) is 14.9 Å². The van der Waals surface area contributed by atoms with Gasteiger partial charge in [0.2, 0.25) is 15.9 Å². The number of hydrogen-bond donors (Lipinski definition) is 3. The summed E-state index contributed by atoms with van der Waals surface area (Å²) >= 11 is 0. The van der Waals surface area contributed by atoms with Gasteiger partial charge in [-0.25, -0.2) is 21.9 Å². The second kappa shape index (κ2) is 8.45. The summed E-state index contributed by atoms with van der Waals surface area (Å²) in [5.74, 6) is -0.912. The minimum absolute atomic E-state index is 0.170. The van der Waals surface area contributed by atoms with E-state index < -0.39 is 27.9 Å². The van der Waals surface area contributed by atoms with Crippen LogP contribution in [-0.2, 0) is 14.8 Å². The monoisotopic (exact) mass is 386 g/mol. The summed E-state index contributed by atoms with van der Waals surface area (Å²) < 4.78 is 38.3. The molecule has 8 nitrogen and oxygen atoms in total. The molecule has 0 aliphatic carbocycles. The van der Waals surface area contributed by atoms with Crippen LogP contribution in [0.15, 0.2) is 24.3 Å². The fourth-order valence-corrected chi connectivity index (χ4v) is 3.85. The lowest BCUT2D eigenvalue weighted by Crippen LogP contribution is -2.47. The average Bonchev–Trinajstić information content (AvgIpc) is 2.54. The van der Waals surface area contributed by atoms with Crippen LogP contribution in [0, 0.1) is 5.82 Å². The Kier molecular flexibility index (Phi) is 6.54. The van der Waals surface area contributed by atoms with Gasteiger partial charge in [-0.15, -0.1) is 0 Å². The Bertz CT molecular complexity index is 763. The topological polar surface area (TPSA) is 122 Å². The van der Waals surface area contributed by atoms with Gasteiger partial charge in [0.05, 0.1) is 18.7 Å². The Labute approximate surface area is 152 Å². The second-order valence-electron chi connectivity index (χ2n) is 6.29. The summed E-state index contributed by atoms with van der Waals surface area (Å²) in [6.45, 7) is 0.667. The van der Waals surface area contributed by atoms with Gasteiger partial charge >= 0.3 is 6.03 Å². The van der Waals surface area contributed by atoms with Crippen LogP contribution in [-0.4, -0.2) is 50.0 Å². The number of urea groups is 1. The van der Waals surface area contributed by atoms with Gasteiger partial charge in [0.1, 0.15) is 5.82 Å². The lowest BCUT2D eigenvalue weighted by Gasteiger charge is -2.31. The molecule has 1 heterocycles. The van der Waals surface area contributed by atoms with Crippen LogP contribution in [0.4, 0.5) is 9.18 Å². The Morgan fingerprint density at radius 1 is 1.31 bits per heavy atom. The first-order valence-electron chi connectivity index (χ1n) is 8.21. The number of halogens is 1. The third-order valence-corrected chi connectivity index (χ3v) is 5.58. The minimum Gasteiger partial charge on any atom is -0.353 e. The zero-order chi connectivity index (χ0) is 19.3. The molecule has 0 unspecified atom stereocenters. The summed E-state index contributed by atoms with van der Waals surface area (Å²) in [5, 5.41) is 5.19. The zero-order valence-corrected chi connectivity index (χ0v) is 15.3. The number of sulfonamides is 1. The minimum atomic E-state index is -3.23. The van der Waals surface area contributed by atoms with E-state index in [1.54, 1.807) is 6.07 Å².